The molecule has 7 nitrogen and oxygen atoms in total. The number of ether oxygens (including phenoxy) is 2. The number of nitrogens with zero attached hydrogens (tertiary/aromatic N) is 3. The number of piperidine rings is 1. The Labute approximate surface area is 206 Å². The quantitative estimate of drug-likeness (QED) is 0.266. The van der Waals surface area contributed by atoms with Gasteiger partial charge in [-0.2, -0.15) is 0 Å². The van der Waals surface area contributed by atoms with E-state index in [0.717, 1.165) is 43.1 Å². The highest BCUT2D eigenvalue weighted by Gasteiger charge is 2.20. The first-order valence-corrected chi connectivity index (χ1v) is 11.1. The number of benzene rings is 1. The number of methoxy groups -OCH3 is 2. The maximum absolute atomic E-state index is 5.48. The van der Waals surface area contributed by atoms with Crippen LogP contribution in [-0.4, -0.2) is 83.3 Å². The Bertz CT molecular complexity index is 671. The van der Waals surface area contributed by atoms with Gasteiger partial charge in [-0.3, -0.25) is 9.89 Å². The van der Waals surface area contributed by atoms with E-state index in [-0.39, 0.29) is 30.0 Å². The summed E-state index contributed by atoms with van der Waals surface area (Å²) in [7, 11) is 9.32. The van der Waals surface area contributed by atoms with E-state index in [1.54, 1.807) is 14.2 Å². The minimum absolute atomic E-state index is 0. The van der Waals surface area contributed by atoms with Gasteiger partial charge in [-0.25, -0.2) is 0 Å². The minimum atomic E-state index is 0. The highest BCUT2D eigenvalue weighted by atomic mass is 127. The van der Waals surface area contributed by atoms with E-state index in [1.165, 1.54) is 37.8 Å². The van der Waals surface area contributed by atoms with Gasteiger partial charge in [-0.15, -0.1) is 24.0 Å². The van der Waals surface area contributed by atoms with Crippen LogP contribution in [0.25, 0.3) is 0 Å². The van der Waals surface area contributed by atoms with E-state index in [2.05, 4.69) is 52.5 Å². The van der Waals surface area contributed by atoms with Crippen molar-refractivity contribution in [2.45, 2.75) is 44.7 Å². The molecule has 1 aromatic carbocycles. The molecule has 0 aromatic heterocycles. The summed E-state index contributed by atoms with van der Waals surface area (Å²) in [6.45, 7) is 6.22. The summed E-state index contributed by atoms with van der Waals surface area (Å²) >= 11 is 0. The Balaban J connectivity index is 0.00000480. The minimum Gasteiger partial charge on any atom is -0.493 e. The zero-order valence-corrected chi connectivity index (χ0v) is 22.4. The van der Waals surface area contributed by atoms with Crippen molar-refractivity contribution in [3.63, 3.8) is 0 Å². The number of guanidine groups is 1. The van der Waals surface area contributed by atoms with Crippen LogP contribution in [0.3, 0.4) is 0 Å². The lowest BCUT2D eigenvalue weighted by atomic mass is 10.0. The van der Waals surface area contributed by atoms with Crippen LogP contribution in [0.15, 0.2) is 23.2 Å². The van der Waals surface area contributed by atoms with Gasteiger partial charge in [0.05, 0.1) is 20.3 Å². The molecule has 1 saturated heterocycles. The maximum Gasteiger partial charge on any atom is 0.191 e. The number of rotatable bonds is 10. The number of aliphatic imine (C=N–C) groups is 1. The molecule has 2 unspecified atom stereocenters. The molecule has 31 heavy (non-hydrogen) atoms. The van der Waals surface area contributed by atoms with Crippen molar-refractivity contribution in [3.05, 3.63) is 23.8 Å². The fourth-order valence-corrected chi connectivity index (χ4v) is 4.21. The molecule has 178 valence electrons. The summed E-state index contributed by atoms with van der Waals surface area (Å²) < 4.78 is 10.8. The second-order valence-electron chi connectivity index (χ2n) is 8.07. The van der Waals surface area contributed by atoms with Crippen LogP contribution in [0, 0.1) is 0 Å². The summed E-state index contributed by atoms with van der Waals surface area (Å²) in [6, 6.07) is 7.00. The third kappa shape index (κ3) is 8.31. The Morgan fingerprint density at radius 1 is 1.19 bits per heavy atom. The van der Waals surface area contributed by atoms with Crippen LogP contribution >= 0.6 is 24.0 Å². The number of likely N-dealkylation sites (N-methyl/N-ethyl adjacent to an activating group) is 1. The van der Waals surface area contributed by atoms with E-state index in [9.17, 15) is 0 Å². The predicted octanol–water partition coefficient (Wildman–Crippen LogP) is 3.35. The van der Waals surface area contributed by atoms with Crippen molar-refractivity contribution in [3.8, 4) is 11.5 Å². The summed E-state index contributed by atoms with van der Waals surface area (Å²) in [5.74, 6) is 2.33. The molecule has 1 aliphatic heterocycles. The van der Waals surface area contributed by atoms with Gasteiger partial charge in [0, 0.05) is 32.7 Å². The lowest BCUT2D eigenvalue weighted by Gasteiger charge is -2.35. The monoisotopic (exact) mass is 547 g/mol. The molecule has 0 saturated carbocycles. The average Bonchev–Trinajstić information content (AvgIpc) is 2.77. The highest BCUT2D eigenvalue weighted by Crippen LogP contribution is 2.31. The average molecular weight is 548 g/mol. The van der Waals surface area contributed by atoms with Gasteiger partial charge in [-0.1, -0.05) is 19.4 Å². The zero-order chi connectivity index (χ0) is 21.9. The van der Waals surface area contributed by atoms with E-state index < -0.39 is 0 Å². The number of hydrogen-bond acceptors (Lipinski definition) is 5. The van der Waals surface area contributed by atoms with Crippen LogP contribution < -0.4 is 20.1 Å². The second-order valence-corrected chi connectivity index (χ2v) is 8.07. The third-order valence-corrected chi connectivity index (χ3v) is 6.01. The molecule has 0 spiro atoms. The summed E-state index contributed by atoms with van der Waals surface area (Å²) in [5.41, 5.74) is 1.17. The zero-order valence-electron chi connectivity index (χ0n) is 20.1. The molecule has 1 aliphatic rings. The van der Waals surface area contributed by atoms with Gasteiger partial charge in [0.1, 0.15) is 0 Å². The fourth-order valence-electron chi connectivity index (χ4n) is 4.21. The smallest absolute Gasteiger partial charge is 0.191 e. The van der Waals surface area contributed by atoms with Crippen molar-refractivity contribution in [1.82, 2.24) is 20.4 Å². The van der Waals surface area contributed by atoms with E-state index in [1.807, 2.05) is 19.2 Å². The normalized spacial score (nSPS) is 18.3. The standard InChI is InChI=1S/C23H41N5O2.HI/c1-7-19-10-8-9-14-28(19)15-13-25-23(24-2)26-17-20(27(3)4)18-11-12-21(29-5)22(16-18)30-6;/h11-12,16,19-20H,7-10,13-15,17H2,1-6H3,(H2,24,25,26);1H. The van der Waals surface area contributed by atoms with E-state index >= 15 is 0 Å². The Morgan fingerprint density at radius 3 is 2.55 bits per heavy atom. The van der Waals surface area contributed by atoms with Crippen molar-refractivity contribution >= 4 is 29.9 Å². The van der Waals surface area contributed by atoms with E-state index in [0.29, 0.717) is 0 Å². The van der Waals surface area contributed by atoms with Crippen molar-refractivity contribution in [1.29, 1.82) is 0 Å². The van der Waals surface area contributed by atoms with Crippen LogP contribution in [0.4, 0.5) is 0 Å². The topological polar surface area (TPSA) is 61.4 Å². The number of halogens is 1. The molecule has 1 aromatic rings. The molecule has 1 heterocycles. The summed E-state index contributed by atoms with van der Waals surface area (Å²) in [6.07, 6.45) is 5.26. The maximum atomic E-state index is 5.48. The van der Waals surface area contributed by atoms with Gasteiger partial charge in [0.2, 0.25) is 0 Å². The van der Waals surface area contributed by atoms with Crippen molar-refractivity contribution in [2.75, 3.05) is 61.5 Å². The van der Waals surface area contributed by atoms with Gasteiger partial charge in [-0.05, 0) is 57.6 Å². The molecule has 0 aliphatic carbocycles. The lowest BCUT2D eigenvalue weighted by Crippen LogP contribution is -2.47. The van der Waals surface area contributed by atoms with E-state index in [4.69, 9.17) is 9.47 Å². The summed E-state index contributed by atoms with van der Waals surface area (Å²) in [5, 5.41) is 6.97. The molecule has 2 atom stereocenters. The molecule has 0 bridgehead atoms. The van der Waals surface area contributed by atoms with Gasteiger partial charge >= 0.3 is 0 Å². The fraction of sp³-hybridized carbons (Fsp3) is 0.696. The molecule has 1 fully saturated rings. The molecular formula is C23H42IN5O2. The lowest BCUT2D eigenvalue weighted by molar-refractivity contribution is 0.147. The molecule has 2 rings (SSSR count). The Hall–Kier alpha value is -1.26. The first-order valence-electron chi connectivity index (χ1n) is 11.1. The number of nitrogens with one attached hydrogen (secondary N) is 2. The first kappa shape index (κ1) is 27.8. The number of hydrogen-bond donors (Lipinski definition) is 2. The van der Waals surface area contributed by atoms with Crippen LogP contribution in [0.2, 0.25) is 0 Å². The molecule has 8 heteroatoms. The van der Waals surface area contributed by atoms with Crippen molar-refractivity contribution in [2.24, 2.45) is 4.99 Å². The molecular weight excluding hydrogens is 505 g/mol. The van der Waals surface area contributed by atoms with Gasteiger partial charge < -0.3 is 25.0 Å². The predicted molar refractivity (Wildman–Crippen MR) is 140 cm³/mol. The Kier molecular flexibility index (Phi) is 13.2. The molecule has 2 N–H and O–H groups in total. The second kappa shape index (κ2) is 14.7. The van der Waals surface area contributed by atoms with Crippen molar-refractivity contribution < 1.29 is 9.47 Å². The van der Waals surface area contributed by atoms with Crippen LogP contribution in [0.5, 0.6) is 11.5 Å². The molecule has 0 radical (unpaired) electrons. The first-order chi connectivity index (χ1) is 14.5. The molecule has 0 amide bonds. The van der Waals surface area contributed by atoms with Crippen LogP contribution in [-0.2, 0) is 0 Å². The van der Waals surface area contributed by atoms with Gasteiger partial charge in [0.25, 0.3) is 0 Å². The highest BCUT2D eigenvalue weighted by molar-refractivity contribution is 14.0. The SMILES string of the molecule is CCC1CCCCN1CCNC(=NC)NCC(c1ccc(OC)c(OC)c1)N(C)C.I. The van der Waals surface area contributed by atoms with Gasteiger partial charge in [0.15, 0.2) is 17.5 Å². The third-order valence-electron chi connectivity index (χ3n) is 6.01. The number of likely N-dealkylation sites (tertiary alicyclic amines) is 1. The Morgan fingerprint density at radius 2 is 1.94 bits per heavy atom. The van der Waals surface area contributed by atoms with Crippen LogP contribution in [0.1, 0.15) is 44.2 Å². The summed E-state index contributed by atoms with van der Waals surface area (Å²) in [4.78, 5) is 9.23. The largest absolute Gasteiger partial charge is 0.493 e.